The van der Waals surface area contributed by atoms with Crippen molar-refractivity contribution < 1.29 is 19.1 Å². The Labute approximate surface area is 118 Å². The molecule has 0 bridgehead atoms. The molecular formula is C14H20N2O4. The van der Waals surface area contributed by atoms with Crippen molar-refractivity contribution in [1.29, 1.82) is 0 Å². The number of rotatable bonds is 5. The van der Waals surface area contributed by atoms with Gasteiger partial charge in [0, 0.05) is 12.1 Å². The van der Waals surface area contributed by atoms with Crippen LogP contribution in [0.2, 0.25) is 0 Å². The van der Waals surface area contributed by atoms with E-state index in [9.17, 15) is 9.59 Å². The van der Waals surface area contributed by atoms with E-state index < -0.39 is 17.7 Å². The van der Waals surface area contributed by atoms with E-state index in [-0.39, 0.29) is 6.54 Å². The van der Waals surface area contributed by atoms with Gasteiger partial charge in [0.2, 0.25) is 0 Å². The number of benzene rings is 1. The minimum absolute atomic E-state index is 0.219. The molecule has 1 amide bonds. The number of ether oxygens (including phenoxy) is 2. The molecule has 6 heteroatoms. The standard InChI is InChI=1S/C14H20N2O4/c1-14(2,8-10-5-4-6-11(15)7-10)20-13(18)16-9-12(17)19-3/h4-7H,8-9,15H2,1-3H3,(H,16,18). The number of nitrogens with one attached hydrogen (secondary N) is 1. The molecule has 1 aromatic rings. The number of esters is 1. The lowest BCUT2D eigenvalue weighted by Gasteiger charge is -2.25. The van der Waals surface area contributed by atoms with Gasteiger partial charge in [0.15, 0.2) is 0 Å². The summed E-state index contributed by atoms with van der Waals surface area (Å²) in [5.41, 5.74) is 6.62. The van der Waals surface area contributed by atoms with Crippen LogP contribution in [0, 0.1) is 0 Å². The van der Waals surface area contributed by atoms with Gasteiger partial charge in [-0.2, -0.15) is 0 Å². The number of carbonyl (C=O) groups excluding carboxylic acids is 2. The van der Waals surface area contributed by atoms with Crippen LogP contribution >= 0.6 is 0 Å². The Morgan fingerprint density at radius 3 is 2.65 bits per heavy atom. The number of nitrogen functional groups attached to an aromatic ring is 1. The number of alkyl carbamates (subject to hydrolysis) is 1. The van der Waals surface area contributed by atoms with Gasteiger partial charge in [-0.25, -0.2) is 4.79 Å². The average Bonchev–Trinajstić information content (AvgIpc) is 2.34. The molecule has 0 aromatic heterocycles. The minimum Gasteiger partial charge on any atom is -0.468 e. The Morgan fingerprint density at radius 1 is 1.35 bits per heavy atom. The molecule has 0 aliphatic heterocycles. The highest BCUT2D eigenvalue weighted by Crippen LogP contribution is 2.18. The highest BCUT2D eigenvalue weighted by molar-refractivity contribution is 5.77. The molecule has 0 aliphatic carbocycles. The largest absolute Gasteiger partial charge is 0.468 e. The molecule has 0 spiro atoms. The van der Waals surface area contributed by atoms with Crippen LogP contribution in [0.5, 0.6) is 0 Å². The molecule has 0 radical (unpaired) electrons. The molecule has 0 atom stereocenters. The molecule has 1 aromatic carbocycles. The fraction of sp³-hybridized carbons (Fsp3) is 0.429. The molecule has 6 nitrogen and oxygen atoms in total. The van der Waals surface area contributed by atoms with Gasteiger partial charge in [0.05, 0.1) is 7.11 Å². The third kappa shape index (κ3) is 5.60. The van der Waals surface area contributed by atoms with Crippen molar-refractivity contribution in [2.24, 2.45) is 0 Å². The normalized spacial score (nSPS) is 10.8. The highest BCUT2D eigenvalue weighted by Gasteiger charge is 2.23. The van der Waals surface area contributed by atoms with Crippen LogP contribution in [0.15, 0.2) is 24.3 Å². The van der Waals surface area contributed by atoms with Crippen LogP contribution in [0.3, 0.4) is 0 Å². The van der Waals surface area contributed by atoms with Gasteiger partial charge in [0.25, 0.3) is 0 Å². The second-order valence-corrected chi connectivity index (χ2v) is 5.00. The number of hydrogen-bond acceptors (Lipinski definition) is 5. The van der Waals surface area contributed by atoms with Crippen molar-refractivity contribution >= 4 is 17.7 Å². The van der Waals surface area contributed by atoms with E-state index in [1.165, 1.54) is 7.11 Å². The summed E-state index contributed by atoms with van der Waals surface area (Å²) in [4.78, 5) is 22.5. The summed E-state index contributed by atoms with van der Waals surface area (Å²) in [6.45, 7) is 3.35. The Hall–Kier alpha value is -2.24. The lowest BCUT2D eigenvalue weighted by Crippen LogP contribution is -2.38. The summed E-state index contributed by atoms with van der Waals surface area (Å²) in [5, 5.41) is 2.33. The fourth-order valence-corrected chi connectivity index (χ4v) is 1.73. The second kappa shape index (κ2) is 6.79. The van der Waals surface area contributed by atoms with Gasteiger partial charge in [-0.15, -0.1) is 0 Å². The lowest BCUT2D eigenvalue weighted by molar-refractivity contribution is -0.139. The maximum absolute atomic E-state index is 11.6. The van der Waals surface area contributed by atoms with E-state index in [1.54, 1.807) is 19.9 Å². The van der Waals surface area contributed by atoms with Crippen LogP contribution in [0.4, 0.5) is 10.5 Å². The summed E-state index contributed by atoms with van der Waals surface area (Å²) in [5.74, 6) is -0.532. The summed E-state index contributed by atoms with van der Waals surface area (Å²) in [6.07, 6.45) is -0.145. The van der Waals surface area contributed by atoms with Gasteiger partial charge in [-0.05, 0) is 31.5 Å². The number of carbonyl (C=O) groups is 2. The molecule has 20 heavy (non-hydrogen) atoms. The first-order chi connectivity index (χ1) is 9.32. The van der Waals surface area contributed by atoms with Crippen molar-refractivity contribution in [3.8, 4) is 0 Å². The summed E-state index contributed by atoms with van der Waals surface area (Å²) in [7, 11) is 1.25. The molecule has 0 heterocycles. The zero-order chi connectivity index (χ0) is 15.2. The number of amides is 1. The van der Waals surface area contributed by atoms with Crippen molar-refractivity contribution in [1.82, 2.24) is 5.32 Å². The zero-order valence-electron chi connectivity index (χ0n) is 11.9. The maximum Gasteiger partial charge on any atom is 0.408 e. The molecule has 0 unspecified atom stereocenters. The topological polar surface area (TPSA) is 90.6 Å². The highest BCUT2D eigenvalue weighted by atomic mass is 16.6. The predicted molar refractivity (Wildman–Crippen MR) is 75.1 cm³/mol. The van der Waals surface area contributed by atoms with Crippen LogP contribution in [0.25, 0.3) is 0 Å². The van der Waals surface area contributed by atoms with Gasteiger partial charge in [-0.1, -0.05) is 12.1 Å². The van der Waals surface area contributed by atoms with E-state index in [1.807, 2.05) is 18.2 Å². The minimum atomic E-state index is -0.714. The molecule has 0 saturated carbocycles. The van der Waals surface area contributed by atoms with Crippen LogP contribution in [0.1, 0.15) is 19.4 Å². The quantitative estimate of drug-likeness (QED) is 0.630. The summed E-state index contributed by atoms with van der Waals surface area (Å²) in [6, 6.07) is 7.38. The number of anilines is 1. The SMILES string of the molecule is COC(=O)CNC(=O)OC(C)(C)Cc1cccc(N)c1. The lowest BCUT2D eigenvalue weighted by atomic mass is 9.98. The third-order valence-electron chi connectivity index (χ3n) is 2.55. The van der Waals surface area contributed by atoms with E-state index in [4.69, 9.17) is 10.5 Å². The Balaban J connectivity index is 2.52. The second-order valence-electron chi connectivity index (χ2n) is 5.00. The van der Waals surface area contributed by atoms with Crippen molar-refractivity contribution in [2.45, 2.75) is 25.9 Å². The molecule has 0 saturated heterocycles. The molecular weight excluding hydrogens is 260 g/mol. The number of hydrogen-bond donors (Lipinski definition) is 2. The zero-order valence-corrected chi connectivity index (χ0v) is 11.9. The first-order valence-corrected chi connectivity index (χ1v) is 6.20. The predicted octanol–water partition coefficient (Wildman–Crippen LogP) is 1.49. The first-order valence-electron chi connectivity index (χ1n) is 6.20. The molecule has 0 aliphatic rings. The monoisotopic (exact) mass is 280 g/mol. The van der Waals surface area contributed by atoms with Gasteiger partial charge < -0.3 is 20.5 Å². The summed E-state index contributed by atoms with van der Waals surface area (Å²) >= 11 is 0. The average molecular weight is 280 g/mol. The molecule has 0 fully saturated rings. The van der Waals surface area contributed by atoms with Gasteiger partial charge >= 0.3 is 12.1 Å². The van der Waals surface area contributed by atoms with Crippen molar-refractivity contribution in [3.63, 3.8) is 0 Å². The third-order valence-corrected chi connectivity index (χ3v) is 2.55. The maximum atomic E-state index is 11.6. The number of nitrogens with two attached hydrogens (primary N) is 1. The molecule has 1 rings (SSSR count). The van der Waals surface area contributed by atoms with E-state index in [0.717, 1.165) is 5.56 Å². The first kappa shape index (κ1) is 15.8. The molecule has 110 valence electrons. The van der Waals surface area contributed by atoms with Crippen LogP contribution in [-0.2, 0) is 20.7 Å². The van der Waals surface area contributed by atoms with Crippen molar-refractivity contribution in [2.75, 3.05) is 19.4 Å². The molecule has 3 N–H and O–H groups in total. The van der Waals surface area contributed by atoms with Gasteiger partial charge in [0.1, 0.15) is 12.1 Å². The van der Waals surface area contributed by atoms with Gasteiger partial charge in [-0.3, -0.25) is 4.79 Å². The fourth-order valence-electron chi connectivity index (χ4n) is 1.73. The van der Waals surface area contributed by atoms with E-state index >= 15 is 0 Å². The number of methoxy groups -OCH3 is 1. The Kier molecular flexibility index (Phi) is 5.37. The summed E-state index contributed by atoms with van der Waals surface area (Å²) < 4.78 is 9.69. The van der Waals surface area contributed by atoms with Crippen LogP contribution < -0.4 is 11.1 Å². The van der Waals surface area contributed by atoms with Crippen molar-refractivity contribution in [3.05, 3.63) is 29.8 Å². The smallest absolute Gasteiger partial charge is 0.408 e. The Bertz CT molecular complexity index is 486. The van der Waals surface area contributed by atoms with E-state index in [2.05, 4.69) is 10.1 Å². The van der Waals surface area contributed by atoms with Crippen LogP contribution in [-0.4, -0.2) is 31.3 Å². The Morgan fingerprint density at radius 2 is 2.05 bits per heavy atom. The van der Waals surface area contributed by atoms with E-state index in [0.29, 0.717) is 12.1 Å².